The molecule has 1 saturated carbocycles. The molecule has 1 N–H and O–H groups in total. The third-order valence-corrected chi connectivity index (χ3v) is 6.87. The molecule has 1 aliphatic carbocycles. The number of rotatable bonds is 5. The molecule has 5 aromatic rings. The molecule has 1 fully saturated rings. The average Bonchev–Trinajstić information content (AvgIpc) is 3.47. The van der Waals surface area contributed by atoms with Crippen molar-refractivity contribution in [2.24, 2.45) is 5.92 Å². The van der Waals surface area contributed by atoms with Crippen molar-refractivity contribution in [3.8, 4) is 17.1 Å². The summed E-state index contributed by atoms with van der Waals surface area (Å²) in [5, 5.41) is 11.7. The molecule has 0 bridgehead atoms. The number of hydrogen-bond acceptors (Lipinski definition) is 3. The van der Waals surface area contributed by atoms with E-state index in [1.807, 2.05) is 6.07 Å². The highest BCUT2D eigenvalue weighted by molar-refractivity contribution is 6.36. The summed E-state index contributed by atoms with van der Waals surface area (Å²) >= 11 is 6.54. The van der Waals surface area contributed by atoms with E-state index in [9.17, 15) is 4.79 Å². The molecule has 0 spiro atoms. The van der Waals surface area contributed by atoms with Gasteiger partial charge in [-0.3, -0.25) is 0 Å². The van der Waals surface area contributed by atoms with E-state index in [0.29, 0.717) is 11.4 Å². The van der Waals surface area contributed by atoms with Gasteiger partial charge < -0.3 is 19.0 Å². The van der Waals surface area contributed by atoms with Crippen LogP contribution in [0.3, 0.4) is 0 Å². The lowest BCUT2D eigenvalue weighted by Gasteiger charge is -2.10. The SMILES string of the molecule is CCn1c2ccccc2c2cc(-c3nc4c(Cl)c(OC(=O)O)ccc4n3CC3CC3)ccc21. The lowest BCUT2D eigenvalue weighted by Crippen LogP contribution is -2.04. The van der Waals surface area contributed by atoms with Crippen LogP contribution >= 0.6 is 11.6 Å². The highest BCUT2D eigenvalue weighted by Gasteiger charge is 2.26. The fourth-order valence-corrected chi connectivity index (χ4v) is 5.05. The Hall–Kier alpha value is -3.51. The van der Waals surface area contributed by atoms with Gasteiger partial charge in [-0.25, -0.2) is 9.78 Å². The molecule has 2 heterocycles. The zero-order valence-electron chi connectivity index (χ0n) is 18.1. The Morgan fingerprint density at radius 1 is 1.06 bits per heavy atom. The molecule has 1 aliphatic rings. The number of carbonyl (C=O) groups is 1. The van der Waals surface area contributed by atoms with Crippen molar-refractivity contribution in [3.63, 3.8) is 0 Å². The number of imidazole rings is 1. The summed E-state index contributed by atoms with van der Waals surface area (Å²) in [6, 6.07) is 18.4. The molecule has 0 radical (unpaired) electrons. The molecule has 0 aliphatic heterocycles. The van der Waals surface area contributed by atoms with E-state index in [0.717, 1.165) is 30.0 Å². The molecule has 0 unspecified atom stereocenters. The second-order valence-electron chi connectivity index (χ2n) is 8.60. The van der Waals surface area contributed by atoms with E-state index in [4.69, 9.17) is 26.4 Å². The third-order valence-electron chi connectivity index (χ3n) is 6.51. The van der Waals surface area contributed by atoms with Gasteiger partial charge in [0.1, 0.15) is 16.4 Å². The van der Waals surface area contributed by atoms with Crippen molar-refractivity contribution < 1.29 is 14.6 Å². The summed E-state index contributed by atoms with van der Waals surface area (Å²) < 4.78 is 9.39. The number of ether oxygens (including phenoxy) is 1. The lowest BCUT2D eigenvalue weighted by molar-refractivity contribution is 0.144. The van der Waals surface area contributed by atoms with E-state index in [1.54, 1.807) is 6.07 Å². The van der Waals surface area contributed by atoms with Gasteiger partial charge in [0.05, 0.1) is 5.52 Å². The van der Waals surface area contributed by atoms with Crippen LogP contribution in [0.2, 0.25) is 5.02 Å². The number of benzene rings is 3. The maximum atomic E-state index is 11.1. The summed E-state index contributed by atoms with van der Waals surface area (Å²) in [7, 11) is 0. The van der Waals surface area contributed by atoms with Crippen molar-refractivity contribution in [2.75, 3.05) is 0 Å². The Morgan fingerprint density at radius 2 is 1.82 bits per heavy atom. The van der Waals surface area contributed by atoms with Crippen LogP contribution in [-0.4, -0.2) is 25.4 Å². The molecule has 6 nitrogen and oxygen atoms in total. The summed E-state index contributed by atoms with van der Waals surface area (Å²) in [6.45, 7) is 3.91. The first-order valence-electron chi connectivity index (χ1n) is 11.2. The van der Waals surface area contributed by atoms with Crippen molar-refractivity contribution in [1.82, 2.24) is 14.1 Å². The first-order chi connectivity index (χ1) is 16.0. The zero-order valence-corrected chi connectivity index (χ0v) is 18.8. The fraction of sp³-hybridized carbons (Fsp3) is 0.231. The van der Waals surface area contributed by atoms with Crippen LogP contribution in [0.25, 0.3) is 44.2 Å². The van der Waals surface area contributed by atoms with E-state index < -0.39 is 6.16 Å². The monoisotopic (exact) mass is 459 g/mol. The van der Waals surface area contributed by atoms with Gasteiger partial charge in [0.15, 0.2) is 5.75 Å². The highest BCUT2D eigenvalue weighted by Crippen LogP contribution is 2.40. The summed E-state index contributed by atoms with van der Waals surface area (Å²) in [4.78, 5) is 16.0. The van der Waals surface area contributed by atoms with Gasteiger partial charge in [-0.1, -0.05) is 29.8 Å². The van der Waals surface area contributed by atoms with E-state index >= 15 is 0 Å². The summed E-state index contributed by atoms with van der Waals surface area (Å²) in [5.74, 6) is 1.56. The van der Waals surface area contributed by atoms with Crippen LogP contribution < -0.4 is 4.74 Å². The van der Waals surface area contributed by atoms with Gasteiger partial charge in [0.25, 0.3) is 0 Å². The predicted molar refractivity (Wildman–Crippen MR) is 130 cm³/mol. The van der Waals surface area contributed by atoms with Gasteiger partial charge in [0.2, 0.25) is 0 Å². The summed E-state index contributed by atoms with van der Waals surface area (Å²) in [5.41, 5.74) is 4.87. The number of nitrogens with zero attached hydrogens (tertiary/aromatic N) is 3. The molecule has 3 aromatic carbocycles. The molecule has 2 aromatic heterocycles. The Kier molecular flexibility index (Phi) is 4.59. The van der Waals surface area contributed by atoms with Crippen LogP contribution in [0.5, 0.6) is 5.75 Å². The molecular formula is C26H22ClN3O3. The maximum absolute atomic E-state index is 11.1. The van der Waals surface area contributed by atoms with Gasteiger partial charge in [-0.2, -0.15) is 0 Å². The highest BCUT2D eigenvalue weighted by atomic mass is 35.5. The van der Waals surface area contributed by atoms with Gasteiger partial charge in [0, 0.05) is 40.5 Å². The predicted octanol–water partition coefficient (Wildman–Crippen LogP) is 6.95. The average molecular weight is 460 g/mol. The van der Waals surface area contributed by atoms with Crippen molar-refractivity contribution in [1.29, 1.82) is 0 Å². The van der Waals surface area contributed by atoms with Gasteiger partial charge in [-0.15, -0.1) is 0 Å². The second-order valence-corrected chi connectivity index (χ2v) is 8.97. The van der Waals surface area contributed by atoms with E-state index in [2.05, 4.69) is 58.5 Å². The van der Waals surface area contributed by atoms with Gasteiger partial charge in [-0.05, 0) is 62.1 Å². The molecule has 166 valence electrons. The zero-order chi connectivity index (χ0) is 22.7. The van der Waals surface area contributed by atoms with Crippen LogP contribution in [-0.2, 0) is 13.1 Å². The normalized spacial score (nSPS) is 13.9. The minimum Gasteiger partial charge on any atom is -0.449 e. The van der Waals surface area contributed by atoms with Crippen molar-refractivity contribution in [3.05, 3.63) is 59.6 Å². The molecule has 7 heteroatoms. The number of halogens is 1. The van der Waals surface area contributed by atoms with E-state index in [1.165, 1.54) is 34.6 Å². The molecule has 0 amide bonds. The van der Waals surface area contributed by atoms with Crippen LogP contribution in [0.15, 0.2) is 54.6 Å². The lowest BCUT2D eigenvalue weighted by atomic mass is 10.1. The number of aryl methyl sites for hydroxylation is 1. The van der Waals surface area contributed by atoms with Crippen LogP contribution in [0, 0.1) is 5.92 Å². The standard InChI is InChI=1S/C26H22ClN3O3/c1-2-29-19-6-4-3-5-17(19)18-13-16(9-10-20(18)29)25-28-24-21(30(25)14-15-7-8-15)11-12-22(23(24)27)33-26(31)32/h3-6,9-13,15H,2,7-8,14H2,1H3,(H,31,32). The molecule has 33 heavy (non-hydrogen) atoms. The first-order valence-corrected chi connectivity index (χ1v) is 11.5. The van der Waals surface area contributed by atoms with Crippen LogP contribution in [0.1, 0.15) is 19.8 Å². The number of hydrogen-bond donors (Lipinski definition) is 1. The Labute approximate surface area is 195 Å². The Bertz CT molecular complexity index is 1560. The minimum atomic E-state index is -1.40. The van der Waals surface area contributed by atoms with Gasteiger partial charge >= 0.3 is 6.16 Å². The number of aromatic nitrogens is 3. The van der Waals surface area contributed by atoms with Crippen molar-refractivity contribution in [2.45, 2.75) is 32.9 Å². The second kappa shape index (κ2) is 7.52. The first kappa shape index (κ1) is 20.1. The smallest absolute Gasteiger partial charge is 0.449 e. The van der Waals surface area contributed by atoms with E-state index in [-0.39, 0.29) is 10.8 Å². The Morgan fingerprint density at radius 3 is 2.58 bits per heavy atom. The largest absolute Gasteiger partial charge is 0.511 e. The topological polar surface area (TPSA) is 69.3 Å². The van der Waals surface area contributed by atoms with Crippen molar-refractivity contribution >= 4 is 50.6 Å². The molecule has 0 atom stereocenters. The number of carboxylic acid groups (broad SMARTS) is 1. The minimum absolute atomic E-state index is 0.0979. The third kappa shape index (κ3) is 3.25. The number of fused-ring (bicyclic) bond motifs is 4. The van der Waals surface area contributed by atoms with Crippen LogP contribution in [0.4, 0.5) is 4.79 Å². The quantitative estimate of drug-likeness (QED) is 0.228. The molecule has 0 saturated heterocycles. The number of para-hydroxylation sites is 1. The molecule has 6 rings (SSSR count). The Balaban J connectivity index is 1.59. The summed E-state index contributed by atoms with van der Waals surface area (Å²) in [6.07, 6.45) is 1.01. The fourth-order valence-electron chi connectivity index (χ4n) is 4.81. The maximum Gasteiger partial charge on any atom is 0.511 e. The molecular weight excluding hydrogens is 438 g/mol.